The molecule has 1 fully saturated rings. The maximum atomic E-state index is 12.3. The zero-order chi connectivity index (χ0) is 17.8. The molecule has 0 aromatic heterocycles. The number of nitrogens with zero attached hydrogens (tertiary/aromatic N) is 2. The SMILES string of the molecule is O=C(Nc1ccc(N2CCNCC2)c([N+](=O)[O-])c1)c1cccc(Br)c1. The van der Waals surface area contributed by atoms with Crippen LogP contribution in [0.4, 0.5) is 17.1 Å². The molecule has 0 saturated carbocycles. The summed E-state index contributed by atoms with van der Waals surface area (Å²) in [5.41, 5.74) is 1.44. The highest BCUT2D eigenvalue weighted by molar-refractivity contribution is 9.10. The van der Waals surface area contributed by atoms with Gasteiger partial charge in [0.1, 0.15) is 5.69 Å². The molecule has 0 unspecified atom stereocenters. The van der Waals surface area contributed by atoms with E-state index in [1.54, 1.807) is 30.3 Å². The number of nitrogens with one attached hydrogen (secondary N) is 2. The van der Waals surface area contributed by atoms with Crippen molar-refractivity contribution in [1.29, 1.82) is 0 Å². The molecule has 0 spiro atoms. The van der Waals surface area contributed by atoms with Gasteiger partial charge in [0, 0.05) is 48.0 Å². The molecular formula is C17H17BrN4O3. The van der Waals surface area contributed by atoms with E-state index in [9.17, 15) is 14.9 Å². The average Bonchev–Trinajstić information content (AvgIpc) is 2.62. The van der Waals surface area contributed by atoms with Gasteiger partial charge in [-0.2, -0.15) is 0 Å². The van der Waals surface area contributed by atoms with E-state index in [2.05, 4.69) is 26.6 Å². The second kappa shape index (κ2) is 7.62. The summed E-state index contributed by atoms with van der Waals surface area (Å²) < 4.78 is 0.792. The van der Waals surface area contributed by atoms with Crippen LogP contribution >= 0.6 is 15.9 Å². The Hall–Kier alpha value is -2.45. The molecule has 2 aromatic carbocycles. The number of carbonyl (C=O) groups is 1. The van der Waals surface area contributed by atoms with Gasteiger partial charge in [0.25, 0.3) is 11.6 Å². The summed E-state index contributed by atoms with van der Waals surface area (Å²) in [5.74, 6) is -0.314. The molecule has 8 heteroatoms. The van der Waals surface area contributed by atoms with Crippen LogP contribution in [0.15, 0.2) is 46.9 Å². The molecule has 3 rings (SSSR count). The summed E-state index contributed by atoms with van der Waals surface area (Å²) in [6.45, 7) is 3.01. The fourth-order valence-corrected chi connectivity index (χ4v) is 3.15. The van der Waals surface area contributed by atoms with Crippen LogP contribution in [0.2, 0.25) is 0 Å². The maximum Gasteiger partial charge on any atom is 0.294 e. The molecule has 0 aliphatic carbocycles. The van der Waals surface area contributed by atoms with Crippen LogP contribution in [0.3, 0.4) is 0 Å². The van der Waals surface area contributed by atoms with Crippen molar-refractivity contribution in [3.63, 3.8) is 0 Å². The summed E-state index contributed by atoms with van der Waals surface area (Å²) in [4.78, 5) is 25.3. The minimum Gasteiger partial charge on any atom is -0.363 e. The zero-order valence-corrected chi connectivity index (χ0v) is 15.0. The monoisotopic (exact) mass is 404 g/mol. The Morgan fingerprint density at radius 1 is 1.20 bits per heavy atom. The largest absolute Gasteiger partial charge is 0.363 e. The van der Waals surface area contributed by atoms with Gasteiger partial charge >= 0.3 is 0 Å². The highest BCUT2D eigenvalue weighted by atomic mass is 79.9. The number of benzene rings is 2. The van der Waals surface area contributed by atoms with Gasteiger partial charge in [-0.15, -0.1) is 0 Å². The van der Waals surface area contributed by atoms with Crippen molar-refractivity contribution in [3.8, 4) is 0 Å². The van der Waals surface area contributed by atoms with Gasteiger partial charge in [0.05, 0.1) is 4.92 Å². The maximum absolute atomic E-state index is 12.3. The third-order valence-corrected chi connectivity index (χ3v) is 4.47. The molecule has 7 nitrogen and oxygen atoms in total. The molecule has 1 heterocycles. The number of halogens is 1. The molecule has 0 radical (unpaired) electrons. The minimum atomic E-state index is -0.411. The average molecular weight is 405 g/mol. The topological polar surface area (TPSA) is 87.5 Å². The van der Waals surface area contributed by atoms with E-state index in [4.69, 9.17) is 0 Å². The summed E-state index contributed by atoms with van der Waals surface area (Å²) in [6, 6.07) is 11.8. The van der Waals surface area contributed by atoms with Gasteiger partial charge in [-0.25, -0.2) is 0 Å². The number of amides is 1. The first-order valence-corrected chi connectivity index (χ1v) is 8.65. The van der Waals surface area contributed by atoms with Crippen LogP contribution in [0.5, 0.6) is 0 Å². The minimum absolute atomic E-state index is 0.00561. The Labute approximate surface area is 153 Å². The summed E-state index contributed by atoms with van der Waals surface area (Å²) in [6.07, 6.45) is 0. The molecule has 0 atom stereocenters. The highest BCUT2D eigenvalue weighted by Gasteiger charge is 2.22. The van der Waals surface area contributed by atoms with Crippen LogP contribution in [0.25, 0.3) is 0 Å². The lowest BCUT2D eigenvalue weighted by Gasteiger charge is -2.29. The van der Waals surface area contributed by atoms with Gasteiger partial charge < -0.3 is 15.5 Å². The number of rotatable bonds is 4. The van der Waals surface area contributed by atoms with Crippen molar-refractivity contribution in [1.82, 2.24) is 5.32 Å². The third-order valence-electron chi connectivity index (χ3n) is 3.97. The summed E-state index contributed by atoms with van der Waals surface area (Å²) >= 11 is 3.32. The van der Waals surface area contributed by atoms with E-state index in [0.717, 1.165) is 17.6 Å². The molecule has 1 saturated heterocycles. The second-order valence-corrected chi connectivity index (χ2v) is 6.58. The van der Waals surface area contributed by atoms with Crippen molar-refractivity contribution in [2.45, 2.75) is 0 Å². The lowest BCUT2D eigenvalue weighted by atomic mass is 10.1. The number of anilines is 2. The van der Waals surface area contributed by atoms with Crippen LogP contribution < -0.4 is 15.5 Å². The Bertz CT molecular complexity index is 806. The van der Waals surface area contributed by atoms with Crippen molar-refractivity contribution >= 4 is 38.9 Å². The van der Waals surface area contributed by atoms with Crippen LogP contribution in [0, 0.1) is 10.1 Å². The van der Waals surface area contributed by atoms with Gasteiger partial charge in [-0.1, -0.05) is 22.0 Å². The van der Waals surface area contributed by atoms with Crippen LogP contribution in [0.1, 0.15) is 10.4 Å². The van der Waals surface area contributed by atoms with Crippen molar-refractivity contribution < 1.29 is 9.72 Å². The number of piperazine rings is 1. The zero-order valence-electron chi connectivity index (χ0n) is 13.4. The molecular weight excluding hydrogens is 388 g/mol. The molecule has 2 N–H and O–H groups in total. The molecule has 1 aliphatic heterocycles. The smallest absolute Gasteiger partial charge is 0.294 e. The Balaban J connectivity index is 1.84. The van der Waals surface area contributed by atoms with E-state index in [1.165, 1.54) is 6.07 Å². The molecule has 1 amide bonds. The molecule has 0 bridgehead atoms. The van der Waals surface area contributed by atoms with Gasteiger partial charge in [0.2, 0.25) is 0 Å². The summed E-state index contributed by atoms with van der Waals surface area (Å²) in [7, 11) is 0. The van der Waals surface area contributed by atoms with Gasteiger partial charge in [0.15, 0.2) is 0 Å². The first-order chi connectivity index (χ1) is 12.0. The summed E-state index contributed by atoms with van der Waals surface area (Å²) in [5, 5.41) is 17.4. The van der Waals surface area contributed by atoms with Crippen LogP contribution in [-0.4, -0.2) is 37.0 Å². The first-order valence-electron chi connectivity index (χ1n) is 7.85. The van der Waals surface area contributed by atoms with E-state index in [1.807, 2.05) is 11.0 Å². The van der Waals surface area contributed by atoms with E-state index < -0.39 is 4.92 Å². The van der Waals surface area contributed by atoms with E-state index in [-0.39, 0.29) is 11.6 Å². The van der Waals surface area contributed by atoms with E-state index >= 15 is 0 Å². The quantitative estimate of drug-likeness (QED) is 0.603. The Kier molecular flexibility index (Phi) is 5.30. The third kappa shape index (κ3) is 4.15. The molecule has 130 valence electrons. The standard InChI is InChI=1S/C17H17BrN4O3/c18-13-3-1-2-12(10-13)17(23)20-14-4-5-15(16(11-14)22(24)25)21-8-6-19-7-9-21/h1-5,10-11,19H,6-9H2,(H,20,23). The number of hydrogen-bond donors (Lipinski definition) is 2. The Morgan fingerprint density at radius 2 is 1.96 bits per heavy atom. The predicted molar refractivity (Wildman–Crippen MR) is 100 cm³/mol. The lowest BCUT2D eigenvalue weighted by molar-refractivity contribution is -0.384. The second-order valence-electron chi connectivity index (χ2n) is 5.66. The number of hydrogen-bond acceptors (Lipinski definition) is 5. The molecule has 25 heavy (non-hydrogen) atoms. The Morgan fingerprint density at radius 3 is 2.64 bits per heavy atom. The highest BCUT2D eigenvalue weighted by Crippen LogP contribution is 2.31. The van der Waals surface area contributed by atoms with Crippen molar-refractivity contribution in [3.05, 3.63) is 62.6 Å². The fraction of sp³-hybridized carbons (Fsp3) is 0.235. The number of nitro groups is 1. The number of carbonyl (C=O) groups excluding carboxylic acids is 1. The predicted octanol–water partition coefficient (Wildman–Crippen LogP) is 3.02. The van der Waals surface area contributed by atoms with E-state index in [0.29, 0.717) is 30.0 Å². The normalized spacial score (nSPS) is 14.2. The van der Waals surface area contributed by atoms with Crippen LogP contribution in [-0.2, 0) is 0 Å². The molecule has 1 aliphatic rings. The fourth-order valence-electron chi connectivity index (χ4n) is 2.75. The number of nitro benzene ring substituents is 1. The molecule has 2 aromatic rings. The van der Waals surface area contributed by atoms with Gasteiger partial charge in [-0.05, 0) is 30.3 Å². The van der Waals surface area contributed by atoms with Gasteiger partial charge in [-0.3, -0.25) is 14.9 Å². The van der Waals surface area contributed by atoms with Crippen molar-refractivity contribution in [2.75, 3.05) is 36.4 Å². The first kappa shape index (κ1) is 17.4. The lowest BCUT2D eigenvalue weighted by Crippen LogP contribution is -2.43. The van der Waals surface area contributed by atoms with Crippen molar-refractivity contribution in [2.24, 2.45) is 0 Å².